The Kier molecular flexibility index (Phi) is 7.10. The SMILES string of the molecule is Cl.O=C(CS(=O)(=O)C1CCCC1)N1CCCC(N2CCNCC2=O)C1. The molecule has 25 heavy (non-hydrogen) atoms. The first-order valence-electron chi connectivity index (χ1n) is 8.97. The summed E-state index contributed by atoms with van der Waals surface area (Å²) >= 11 is 0. The Morgan fingerprint density at radius 2 is 1.84 bits per heavy atom. The molecule has 0 aromatic carbocycles. The van der Waals surface area contributed by atoms with Gasteiger partial charge in [0.2, 0.25) is 11.8 Å². The van der Waals surface area contributed by atoms with Crippen LogP contribution in [0.1, 0.15) is 38.5 Å². The van der Waals surface area contributed by atoms with Gasteiger partial charge in [0.1, 0.15) is 5.75 Å². The number of likely N-dealkylation sites (tertiary alicyclic amines) is 1. The first-order chi connectivity index (χ1) is 11.5. The Balaban J connectivity index is 0.00000225. The van der Waals surface area contributed by atoms with Crippen LogP contribution in [0.3, 0.4) is 0 Å². The molecular weight excluding hydrogens is 366 g/mol. The summed E-state index contributed by atoms with van der Waals surface area (Å²) in [5.41, 5.74) is 0. The van der Waals surface area contributed by atoms with Crippen molar-refractivity contribution in [2.75, 3.05) is 38.5 Å². The van der Waals surface area contributed by atoms with E-state index in [1.165, 1.54) is 0 Å². The van der Waals surface area contributed by atoms with Crippen LogP contribution < -0.4 is 5.32 Å². The molecule has 1 aliphatic carbocycles. The zero-order chi connectivity index (χ0) is 17.2. The van der Waals surface area contributed by atoms with Crippen LogP contribution in [0.4, 0.5) is 0 Å². The van der Waals surface area contributed by atoms with Crippen molar-refractivity contribution in [3.8, 4) is 0 Å². The fourth-order valence-electron chi connectivity index (χ4n) is 4.07. The van der Waals surface area contributed by atoms with E-state index in [2.05, 4.69) is 5.32 Å². The number of nitrogens with one attached hydrogen (secondary N) is 1. The highest BCUT2D eigenvalue weighted by Gasteiger charge is 2.35. The number of amides is 2. The van der Waals surface area contributed by atoms with Crippen molar-refractivity contribution in [2.45, 2.75) is 49.8 Å². The van der Waals surface area contributed by atoms with E-state index in [0.29, 0.717) is 39.0 Å². The minimum absolute atomic E-state index is 0. The summed E-state index contributed by atoms with van der Waals surface area (Å²) in [7, 11) is -3.34. The van der Waals surface area contributed by atoms with Gasteiger partial charge >= 0.3 is 0 Å². The summed E-state index contributed by atoms with van der Waals surface area (Å²) in [6.07, 6.45) is 4.95. The average molecular weight is 394 g/mol. The van der Waals surface area contributed by atoms with Crippen molar-refractivity contribution in [1.82, 2.24) is 15.1 Å². The van der Waals surface area contributed by atoms with Crippen molar-refractivity contribution in [2.24, 2.45) is 0 Å². The molecule has 1 N–H and O–H groups in total. The van der Waals surface area contributed by atoms with Crippen LogP contribution in [0.2, 0.25) is 0 Å². The number of sulfone groups is 1. The molecule has 2 amide bonds. The summed E-state index contributed by atoms with van der Waals surface area (Å²) in [6, 6.07) is 0.0199. The lowest BCUT2D eigenvalue weighted by atomic mass is 10.0. The first-order valence-corrected chi connectivity index (χ1v) is 10.7. The second-order valence-corrected chi connectivity index (χ2v) is 9.39. The molecule has 2 heterocycles. The molecule has 0 bridgehead atoms. The highest BCUT2D eigenvalue weighted by molar-refractivity contribution is 7.92. The number of carbonyl (C=O) groups is 2. The predicted molar refractivity (Wildman–Crippen MR) is 97.5 cm³/mol. The number of hydrogen-bond acceptors (Lipinski definition) is 5. The molecule has 9 heteroatoms. The smallest absolute Gasteiger partial charge is 0.237 e. The summed E-state index contributed by atoms with van der Waals surface area (Å²) in [4.78, 5) is 28.0. The van der Waals surface area contributed by atoms with E-state index >= 15 is 0 Å². The van der Waals surface area contributed by atoms with Gasteiger partial charge in [-0.25, -0.2) is 8.42 Å². The van der Waals surface area contributed by atoms with E-state index in [0.717, 1.165) is 32.2 Å². The van der Waals surface area contributed by atoms with Crippen molar-refractivity contribution in [3.63, 3.8) is 0 Å². The van der Waals surface area contributed by atoms with Crippen LogP contribution in [0.15, 0.2) is 0 Å². The van der Waals surface area contributed by atoms with E-state index in [9.17, 15) is 18.0 Å². The minimum Gasteiger partial charge on any atom is -0.340 e. The number of nitrogens with zero attached hydrogens (tertiary/aromatic N) is 2. The Morgan fingerprint density at radius 1 is 1.12 bits per heavy atom. The topological polar surface area (TPSA) is 86.8 Å². The Labute approximate surface area is 155 Å². The van der Waals surface area contributed by atoms with Crippen LogP contribution in [-0.2, 0) is 19.4 Å². The van der Waals surface area contributed by atoms with Crippen LogP contribution in [0.25, 0.3) is 0 Å². The third-order valence-corrected chi connectivity index (χ3v) is 7.59. The molecule has 7 nitrogen and oxygen atoms in total. The number of hydrogen-bond donors (Lipinski definition) is 1. The predicted octanol–water partition coefficient (Wildman–Crippen LogP) is 0.188. The third kappa shape index (κ3) is 4.86. The van der Waals surface area contributed by atoms with Gasteiger partial charge in [0.15, 0.2) is 9.84 Å². The molecule has 144 valence electrons. The Hall–Kier alpha value is -0.860. The van der Waals surface area contributed by atoms with Gasteiger partial charge in [0, 0.05) is 32.2 Å². The lowest BCUT2D eigenvalue weighted by Crippen LogP contribution is -2.58. The summed E-state index contributed by atoms with van der Waals surface area (Å²) in [5.74, 6) is -0.604. The third-order valence-electron chi connectivity index (χ3n) is 5.45. The molecular formula is C16H28ClN3O4S. The van der Waals surface area contributed by atoms with Crippen molar-refractivity contribution < 1.29 is 18.0 Å². The van der Waals surface area contributed by atoms with Crippen molar-refractivity contribution in [1.29, 1.82) is 0 Å². The highest BCUT2D eigenvalue weighted by atomic mass is 35.5. The van der Waals surface area contributed by atoms with Gasteiger partial charge in [-0.3, -0.25) is 9.59 Å². The molecule has 0 spiro atoms. The molecule has 0 aromatic heterocycles. The number of carbonyl (C=O) groups excluding carboxylic acids is 2. The van der Waals surface area contributed by atoms with Crippen molar-refractivity contribution in [3.05, 3.63) is 0 Å². The lowest BCUT2D eigenvalue weighted by molar-refractivity contribution is -0.139. The second-order valence-electron chi connectivity index (χ2n) is 7.11. The molecule has 0 aromatic rings. The van der Waals surface area contributed by atoms with E-state index in [4.69, 9.17) is 0 Å². The lowest BCUT2D eigenvalue weighted by Gasteiger charge is -2.41. The van der Waals surface area contributed by atoms with E-state index in [1.54, 1.807) is 4.90 Å². The maximum atomic E-state index is 12.5. The monoisotopic (exact) mass is 393 g/mol. The number of rotatable bonds is 4. The summed E-state index contributed by atoms with van der Waals surface area (Å²) < 4.78 is 24.8. The largest absolute Gasteiger partial charge is 0.340 e. The minimum atomic E-state index is -3.34. The van der Waals surface area contributed by atoms with Gasteiger partial charge in [0.05, 0.1) is 11.8 Å². The molecule has 3 fully saturated rings. The van der Waals surface area contributed by atoms with Gasteiger partial charge in [-0.05, 0) is 25.7 Å². The van der Waals surface area contributed by atoms with E-state index < -0.39 is 9.84 Å². The van der Waals surface area contributed by atoms with Gasteiger partial charge in [-0.15, -0.1) is 12.4 Å². The van der Waals surface area contributed by atoms with Gasteiger partial charge in [-0.2, -0.15) is 0 Å². The second kappa shape index (κ2) is 8.68. The van der Waals surface area contributed by atoms with Gasteiger partial charge in [0.25, 0.3) is 0 Å². The molecule has 3 rings (SSSR count). The fourth-order valence-corrected chi connectivity index (χ4v) is 5.89. The Morgan fingerprint density at radius 3 is 2.52 bits per heavy atom. The molecule has 2 aliphatic heterocycles. The summed E-state index contributed by atoms with van der Waals surface area (Å²) in [5, 5.41) is 2.71. The summed E-state index contributed by atoms with van der Waals surface area (Å²) in [6.45, 7) is 2.83. The molecule has 1 unspecified atom stereocenters. The van der Waals surface area contributed by atoms with Gasteiger partial charge in [-0.1, -0.05) is 12.8 Å². The average Bonchev–Trinajstić information content (AvgIpc) is 3.10. The molecule has 0 radical (unpaired) electrons. The van der Waals surface area contributed by atoms with Crippen LogP contribution in [0, 0.1) is 0 Å². The molecule has 1 atom stereocenters. The standard InChI is InChI=1S/C16H27N3O4S.ClH/c20-15-10-17-7-9-19(15)13-4-3-8-18(11-13)16(21)12-24(22,23)14-5-1-2-6-14;/h13-14,17H,1-12H2;1H. The number of halogens is 1. The maximum absolute atomic E-state index is 12.5. The van der Waals surface area contributed by atoms with Crippen LogP contribution in [0.5, 0.6) is 0 Å². The Bertz CT molecular complexity index is 592. The molecule has 2 saturated heterocycles. The molecule has 3 aliphatic rings. The highest BCUT2D eigenvalue weighted by Crippen LogP contribution is 2.26. The van der Waals surface area contributed by atoms with Crippen LogP contribution >= 0.6 is 12.4 Å². The van der Waals surface area contributed by atoms with E-state index in [-0.39, 0.29) is 41.3 Å². The normalized spacial score (nSPS) is 25.8. The zero-order valence-electron chi connectivity index (χ0n) is 14.5. The quantitative estimate of drug-likeness (QED) is 0.736. The fraction of sp³-hybridized carbons (Fsp3) is 0.875. The maximum Gasteiger partial charge on any atom is 0.237 e. The van der Waals surface area contributed by atoms with Crippen LogP contribution in [-0.4, -0.2) is 79.8 Å². The number of piperazine rings is 1. The number of piperidine rings is 1. The van der Waals surface area contributed by atoms with Gasteiger partial charge < -0.3 is 15.1 Å². The zero-order valence-corrected chi connectivity index (χ0v) is 16.1. The first kappa shape index (κ1) is 20.5. The molecule has 1 saturated carbocycles. The van der Waals surface area contributed by atoms with Crippen molar-refractivity contribution >= 4 is 34.1 Å². The van der Waals surface area contributed by atoms with E-state index in [1.807, 2.05) is 4.90 Å².